The Morgan fingerprint density at radius 3 is 2.44 bits per heavy atom. The topological polar surface area (TPSA) is 49.3 Å². The quantitative estimate of drug-likeness (QED) is 0.768. The van der Waals surface area contributed by atoms with Gasteiger partial charge in [0.05, 0.1) is 6.10 Å². The summed E-state index contributed by atoms with van der Waals surface area (Å²) in [4.78, 5) is 11.5. The molecule has 3 heteroatoms. The van der Waals surface area contributed by atoms with Gasteiger partial charge in [0.2, 0.25) is 0 Å². The van der Waals surface area contributed by atoms with Gasteiger partial charge in [-0.15, -0.1) is 0 Å². The minimum Gasteiger partial charge on any atom is -0.388 e. The van der Waals surface area contributed by atoms with Crippen molar-refractivity contribution in [2.75, 3.05) is 12.4 Å². The Kier molecular flexibility index (Phi) is 4.07. The fourth-order valence-electron chi connectivity index (χ4n) is 1.63. The van der Waals surface area contributed by atoms with Crippen LogP contribution >= 0.6 is 0 Å². The minimum atomic E-state index is -0.593. The second-order valence-electron chi connectivity index (χ2n) is 4.30. The monoisotopic (exact) mass is 221 g/mol. The van der Waals surface area contributed by atoms with Crippen LogP contribution in [0.1, 0.15) is 42.8 Å². The van der Waals surface area contributed by atoms with Crippen LogP contribution in [0.2, 0.25) is 0 Å². The number of ketones is 1. The molecule has 0 saturated heterocycles. The summed E-state index contributed by atoms with van der Waals surface area (Å²) in [7, 11) is 1.80. The zero-order valence-corrected chi connectivity index (χ0v) is 10.2. The van der Waals surface area contributed by atoms with Gasteiger partial charge >= 0.3 is 0 Å². The van der Waals surface area contributed by atoms with E-state index in [1.165, 1.54) is 6.92 Å². The van der Waals surface area contributed by atoms with Crippen molar-refractivity contribution in [3.05, 3.63) is 29.3 Å². The average molecular weight is 221 g/mol. The largest absolute Gasteiger partial charge is 0.388 e. The van der Waals surface area contributed by atoms with Crippen LogP contribution in [-0.4, -0.2) is 17.9 Å². The molecule has 1 atom stereocenters. The fraction of sp³-hybridized carbons (Fsp3) is 0.462. The highest BCUT2D eigenvalue weighted by Crippen LogP contribution is 2.27. The van der Waals surface area contributed by atoms with E-state index in [0.717, 1.165) is 5.69 Å². The van der Waals surface area contributed by atoms with E-state index in [2.05, 4.69) is 5.32 Å². The number of Topliss-reactive ketones (excluding diaryl/α,β-unsaturated/α-hetero) is 1. The van der Waals surface area contributed by atoms with Crippen molar-refractivity contribution in [3.8, 4) is 0 Å². The SMILES string of the molecule is CNc1ccc(C(O)C(C)C)c(C(C)=O)c1. The van der Waals surface area contributed by atoms with Crippen molar-refractivity contribution in [1.82, 2.24) is 0 Å². The lowest BCUT2D eigenvalue weighted by Crippen LogP contribution is -2.11. The van der Waals surface area contributed by atoms with Crippen LogP contribution in [0, 0.1) is 5.92 Å². The van der Waals surface area contributed by atoms with E-state index >= 15 is 0 Å². The van der Waals surface area contributed by atoms with Crippen molar-refractivity contribution in [2.45, 2.75) is 26.9 Å². The van der Waals surface area contributed by atoms with E-state index < -0.39 is 6.10 Å². The molecule has 0 aliphatic heterocycles. The molecule has 1 unspecified atom stereocenters. The minimum absolute atomic E-state index is 0.0215. The van der Waals surface area contributed by atoms with Gasteiger partial charge in [-0.05, 0) is 30.5 Å². The normalized spacial score (nSPS) is 12.6. The molecule has 0 spiro atoms. The van der Waals surface area contributed by atoms with E-state index in [-0.39, 0.29) is 11.7 Å². The Morgan fingerprint density at radius 2 is 2.00 bits per heavy atom. The lowest BCUT2D eigenvalue weighted by Gasteiger charge is -2.18. The Labute approximate surface area is 96.5 Å². The van der Waals surface area contributed by atoms with E-state index in [1.54, 1.807) is 13.1 Å². The molecule has 16 heavy (non-hydrogen) atoms. The Hall–Kier alpha value is -1.35. The van der Waals surface area contributed by atoms with Crippen LogP contribution in [0.25, 0.3) is 0 Å². The summed E-state index contributed by atoms with van der Waals surface area (Å²) in [5.74, 6) is 0.0744. The van der Waals surface area contributed by atoms with Gasteiger partial charge in [-0.1, -0.05) is 19.9 Å². The second-order valence-corrected chi connectivity index (χ2v) is 4.30. The molecule has 0 aliphatic carbocycles. The average Bonchev–Trinajstić information content (AvgIpc) is 2.26. The lowest BCUT2D eigenvalue weighted by atomic mass is 9.93. The molecule has 1 rings (SSSR count). The molecule has 0 aromatic heterocycles. The summed E-state index contributed by atoms with van der Waals surface area (Å²) in [5, 5.41) is 13.0. The van der Waals surface area contributed by atoms with Gasteiger partial charge in [0.1, 0.15) is 0 Å². The van der Waals surface area contributed by atoms with Crippen molar-refractivity contribution in [2.24, 2.45) is 5.92 Å². The van der Waals surface area contributed by atoms with Crippen molar-refractivity contribution >= 4 is 11.5 Å². The van der Waals surface area contributed by atoms with E-state index in [0.29, 0.717) is 11.1 Å². The Morgan fingerprint density at radius 1 is 1.38 bits per heavy atom. The number of aliphatic hydroxyl groups excluding tert-OH is 1. The number of hydrogen-bond acceptors (Lipinski definition) is 3. The van der Waals surface area contributed by atoms with Gasteiger partial charge in [0, 0.05) is 18.3 Å². The fourth-order valence-corrected chi connectivity index (χ4v) is 1.63. The smallest absolute Gasteiger partial charge is 0.160 e. The second kappa shape index (κ2) is 5.12. The molecule has 0 heterocycles. The zero-order valence-electron chi connectivity index (χ0n) is 10.2. The first-order valence-corrected chi connectivity index (χ1v) is 5.48. The molecule has 1 aromatic rings. The van der Waals surface area contributed by atoms with Crippen LogP contribution in [0.5, 0.6) is 0 Å². The summed E-state index contributed by atoms with van der Waals surface area (Å²) in [6.45, 7) is 5.38. The summed E-state index contributed by atoms with van der Waals surface area (Å²) < 4.78 is 0. The van der Waals surface area contributed by atoms with E-state index in [9.17, 15) is 9.90 Å². The molecule has 0 aliphatic rings. The van der Waals surface area contributed by atoms with Crippen LogP contribution in [0.4, 0.5) is 5.69 Å². The first-order valence-electron chi connectivity index (χ1n) is 5.48. The number of nitrogens with one attached hydrogen (secondary N) is 1. The third-order valence-corrected chi connectivity index (χ3v) is 2.67. The van der Waals surface area contributed by atoms with Gasteiger partial charge in [-0.25, -0.2) is 0 Å². The molecule has 0 radical (unpaired) electrons. The van der Waals surface area contributed by atoms with Gasteiger partial charge < -0.3 is 10.4 Å². The predicted molar refractivity (Wildman–Crippen MR) is 65.8 cm³/mol. The number of aliphatic hydroxyl groups is 1. The highest BCUT2D eigenvalue weighted by molar-refractivity contribution is 5.96. The van der Waals surface area contributed by atoms with Crippen LogP contribution in [0.15, 0.2) is 18.2 Å². The highest BCUT2D eigenvalue weighted by atomic mass is 16.3. The maximum absolute atomic E-state index is 11.5. The predicted octanol–water partition coefficient (Wildman–Crippen LogP) is 2.62. The number of rotatable bonds is 4. The molecule has 0 fully saturated rings. The summed E-state index contributed by atoms with van der Waals surface area (Å²) in [6.07, 6.45) is -0.593. The molecule has 3 nitrogen and oxygen atoms in total. The number of anilines is 1. The summed E-state index contributed by atoms with van der Waals surface area (Å²) in [6, 6.07) is 5.46. The Balaban J connectivity index is 3.23. The van der Waals surface area contributed by atoms with Gasteiger partial charge in [-0.3, -0.25) is 4.79 Å². The van der Waals surface area contributed by atoms with Crippen LogP contribution in [0.3, 0.4) is 0 Å². The number of carbonyl (C=O) groups excluding carboxylic acids is 1. The van der Waals surface area contributed by atoms with Gasteiger partial charge in [0.25, 0.3) is 0 Å². The highest BCUT2D eigenvalue weighted by Gasteiger charge is 2.18. The number of carbonyl (C=O) groups is 1. The standard InChI is InChI=1S/C13H19NO2/c1-8(2)13(16)11-6-5-10(14-4)7-12(11)9(3)15/h5-8,13-14,16H,1-4H3. The molecule has 2 N–H and O–H groups in total. The summed E-state index contributed by atoms with van der Waals surface area (Å²) in [5.41, 5.74) is 2.18. The Bertz CT molecular complexity index is 386. The van der Waals surface area contributed by atoms with Crippen molar-refractivity contribution in [3.63, 3.8) is 0 Å². The zero-order chi connectivity index (χ0) is 12.3. The third kappa shape index (κ3) is 2.61. The molecule has 0 bridgehead atoms. The van der Waals surface area contributed by atoms with Gasteiger partial charge in [-0.2, -0.15) is 0 Å². The molecule has 1 aromatic carbocycles. The molecule has 0 amide bonds. The first kappa shape index (κ1) is 12.7. The number of benzene rings is 1. The van der Waals surface area contributed by atoms with Crippen molar-refractivity contribution < 1.29 is 9.90 Å². The van der Waals surface area contributed by atoms with Crippen LogP contribution in [-0.2, 0) is 0 Å². The number of hydrogen-bond donors (Lipinski definition) is 2. The van der Waals surface area contributed by atoms with Gasteiger partial charge in [0.15, 0.2) is 5.78 Å². The third-order valence-electron chi connectivity index (χ3n) is 2.67. The molecular formula is C13H19NO2. The van der Waals surface area contributed by atoms with Crippen LogP contribution < -0.4 is 5.32 Å². The van der Waals surface area contributed by atoms with Crippen molar-refractivity contribution in [1.29, 1.82) is 0 Å². The maximum atomic E-state index is 11.5. The first-order chi connectivity index (χ1) is 7.47. The lowest BCUT2D eigenvalue weighted by molar-refractivity contribution is 0.0991. The van der Waals surface area contributed by atoms with E-state index in [1.807, 2.05) is 26.0 Å². The molecule has 0 saturated carbocycles. The molecular weight excluding hydrogens is 202 g/mol. The summed E-state index contributed by atoms with van der Waals surface area (Å²) >= 11 is 0. The van der Waals surface area contributed by atoms with E-state index in [4.69, 9.17) is 0 Å². The molecule has 88 valence electrons. The maximum Gasteiger partial charge on any atom is 0.160 e.